The highest BCUT2D eigenvalue weighted by molar-refractivity contribution is 5.75. The molecule has 0 radical (unpaired) electrons. The monoisotopic (exact) mass is 247 g/mol. The average Bonchev–Trinajstić information content (AvgIpc) is 2.23. The van der Waals surface area contributed by atoms with E-state index in [2.05, 4.69) is 15.3 Å². The van der Waals surface area contributed by atoms with E-state index in [1.54, 1.807) is 0 Å². The minimum atomic E-state index is -4.44. The Morgan fingerprint density at radius 2 is 2.12 bits per heavy atom. The number of guanidine groups is 1. The quantitative estimate of drug-likeness (QED) is 0.417. The number of nitrogens with one attached hydrogen (secondary N) is 1. The Labute approximate surface area is 95.7 Å². The summed E-state index contributed by atoms with van der Waals surface area (Å²) in [7, 11) is 0. The molecule has 1 aromatic heterocycles. The molecule has 0 aliphatic heterocycles. The lowest BCUT2D eigenvalue weighted by atomic mass is 10.2. The topological polar surface area (TPSA) is 89.3 Å². The van der Waals surface area contributed by atoms with Crippen molar-refractivity contribution in [1.82, 2.24) is 4.98 Å². The van der Waals surface area contributed by atoms with E-state index in [0.29, 0.717) is 0 Å². The van der Waals surface area contributed by atoms with Crippen molar-refractivity contribution in [2.24, 2.45) is 16.5 Å². The highest BCUT2D eigenvalue weighted by atomic mass is 19.4. The number of hydrogen-bond acceptors (Lipinski definition) is 3. The van der Waals surface area contributed by atoms with Crippen molar-refractivity contribution in [3.05, 3.63) is 23.9 Å². The maximum atomic E-state index is 12.5. The molecule has 1 aromatic rings. The van der Waals surface area contributed by atoms with Crippen molar-refractivity contribution < 1.29 is 13.2 Å². The van der Waals surface area contributed by atoms with Crippen LogP contribution in [-0.2, 0) is 6.18 Å². The number of alkyl halides is 3. The lowest BCUT2D eigenvalue weighted by Crippen LogP contribution is -2.24. The third-order valence-electron chi connectivity index (χ3n) is 1.81. The number of nitrogens with two attached hydrogens (primary N) is 2. The van der Waals surface area contributed by atoms with Gasteiger partial charge in [-0.3, -0.25) is 4.99 Å². The number of halogens is 3. The highest BCUT2D eigenvalue weighted by Gasteiger charge is 2.33. The number of nitrogens with zero attached hydrogens (tertiary/aromatic N) is 2. The summed E-state index contributed by atoms with van der Waals surface area (Å²) in [5, 5.41) is 2.53. The fourth-order valence-corrected chi connectivity index (χ4v) is 1.13. The zero-order valence-electron chi connectivity index (χ0n) is 8.83. The number of hydrogen-bond donors (Lipinski definition) is 3. The second-order valence-electron chi connectivity index (χ2n) is 3.13. The van der Waals surface area contributed by atoms with Crippen LogP contribution in [-0.4, -0.2) is 24.0 Å². The van der Waals surface area contributed by atoms with Gasteiger partial charge in [-0.05, 0) is 12.1 Å². The van der Waals surface area contributed by atoms with Crippen molar-refractivity contribution in [1.29, 1.82) is 0 Å². The van der Waals surface area contributed by atoms with Crippen molar-refractivity contribution in [3.63, 3.8) is 0 Å². The van der Waals surface area contributed by atoms with Gasteiger partial charge in [-0.15, -0.1) is 0 Å². The Morgan fingerprint density at radius 1 is 1.41 bits per heavy atom. The Morgan fingerprint density at radius 3 is 2.71 bits per heavy atom. The smallest absolute Gasteiger partial charge is 0.370 e. The van der Waals surface area contributed by atoms with Crippen LogP contribution in [0.15, 0.2) is 23.3 Å². The first-order valence-electron chi connectivity index (χ1n) is 4.72. The lowest BCUT2D eigenvalue weighted by molar-refractivity contribution is -0.137. The number of pyridine rings is 1. The van der Waals surface area contributed by atoms with Gasteiger partial charge < -0.3 is 16.8 Å². The fourth-order valence-electron chi connectivity index (χ4n) is 1.13. The molecule has 0 amide bonds. The molecule has 0 saturated heterocycles. The van der Waals surface area contributed by atoms with E-state index in [1.165, 1.54) is 12.3 Å². The van der Waals surface area contributed by atoms with Gasteiger partial charge in [0.05, 0.1) is 12.1 Å². The third kappa shape index (κ3) is 4.17. The molecular weight excluding hydrogens is 235 g/mol. The Bertz CT molecular complexity index is 398. The molecule has 0 bridgehead atoms. The molecule has 0 spiro atoms. The van der Waals surface area contributed by atoms with Crippen molar-refractivity contribution in [2.75, 3.05) is 18.4 Å². The summed E-state index contributed by atoms with van der Waals surface area (Å²) < 4.78 is 37.6. The van der Waals surface area contributed by atoms with Crippen LogP contribution in [0.4, 0.5) is 19.0 Å². The largest absolute Gasteiger partial charge is 0.419 e. The van der Waals surface area contributed by atoms with Crippen LogP contribution in [0.25, 0.3) is 0 Å². The van der Waals surface area contributed by atoms with Gasteiger partial charge in [0.2, 0.25) is 0 Å². The van der Waals surface area contributed by atoms with Crippen LogP contribution in [0.2, 0.25) is 0 Å². The van der Waals surface area contributed by atoms with E-state index in [0.717, 1.165) is 6.07 Å². The zero-order valence-corrected chi connectivity index (χ0v) is 8.83. The minimum Gasteiger partial charge on any atom is -0.370 e. The van der Waals surface area contributed by atoms with Crippen molar-refractivity contribution in [2.45, 2.75) is 6.18 Å². The predicted octanol–water partition coefficient (Wildman–Crippen LogP) is 0.786. The molecule has 0 fully saturated rings. The lowest BCUT2D eigenvalue weighted by Gasteiger charge is -2.12. The van der Waals surface area contributed by atoms with Crippen LogP contribution in [0.1, 0.15) is 5.56 Å². The molecule has 0 unspecified atom stereocenters. The predicted molar refractivity (Wildman–Crippen MR) is 58.4 cm³/mol. The molecule has 0 saturated carbocycles. The Kier molecular flexibility index (Phi) is 4.13. The first-order chi connectivity index (χ1) is 7.91. The first-order valence-corrected chi connectivity index (χ1v) is 4.72. The standard InChI is InChI=1S/C9H12F3N5/c10-9(11,12)6-2-1-3-15-7(6)16-4-5-17-8(13)14/h1-3H,4-5H2,(H,15,16)(H4,13,14,17). The van der Waals surface area contributed by atoms with Crippen LogP contribution < -0.4 is 16.8 Å². The molecule has 0 atom stereocenters. The van der Waals surface area contributed by atoms with Gasteiger partial charge >= 0.3 is 6.18 Å². The second kappa shape index (κ2) is 5.37. The molecule has 8 heteroatoms. The van der Waals surface area contributed by atoms with Gasteiger partial charge in [0.1, 0.15) is 5.82 Å². The summed E-state index contributed by atoms with van der Waals surface area (Å²) in [6.07, 6.45) is -3.16. The molecule has 5 nitrogen and oxygen atoms in total. The van der Waals surface area contributed by atoms with Gasteiger partial charge in [-0.25, -0.2) is 4.98 Å². The number of rotatable bonds is 4. The molecular formula is C9H12F3N5. The fraction of sp³-hybridized carbons (Fsp3) is 0.333. The number of anilines is 1. The minimum absolute atomic E-state index is 0.108. The summed E-state index contributed by atoms with van der Waals surface area (Å²) in [4.78, 5) is 7.25. The van der Waals surface area contributed by atoms with Crippen molar-refractivity contribution >= 4 is 11.8 Å². The normalized spacial score (nSPS) is 11.0. The SMILES string of the molecule is NC(N)=NCCNc1ncccc1C(F)(F)F. The van der Waals surface area contributed by atoms with E-state index in [1.807, 2.05) is 0 Å². The van der Waals surface area contributed by atoms with E-state index >= 15 is 0 Å². The van der Waals surface area contributed by atoms with Gasteiger partial charge in [0.15, 0.2) is 5.96 Å². The van der Waals surface area contributed by atoms with E-state index < -0.39 is 11.7 Å². The summed E-state index contributed by atoms with van der Waals surface area (Å²) in [5.41, 5.74) is 9.34. The van der Waals surface area contributed by atoms with E-state index in [-0.39, 0.29) is 24.9 Å². The molecule has 5 N–H and O–H groups in total. The van der Waals surface area contributed by atoms with Crippen molar-refractivity contribution in [3.8, 4) is 0 Å². The maximum Gasteiger partial charge on any atom is 0.419 e. The van der Waals surface area contributed by atoms with E-state index in [9.17, 15) is 13.2 Å². The summed E-state index contributed by atoms with van der Waals surface area (Å²) in [6.45, 7) is 0.341. The third-order valence-corrected chi connectivity index (χ3v) is 1.81. The Balaban J connectivity index is 2.68. The van der Waals surface area contributed by atoms with Crippen LogP contribution in [0.3, 0.4) is 0 Å². The molecule has 1 rings (SSSR count). The molecule has 0 aliphatic rings. The first kappa shape index (κ1) is 13.1. The summed E-state index contributed by atoms with van der Waals surface area (Å²) >= 11 is 0. The summed E-state index contributed by atoms with van der Waals surface area (Å²) in [5.74, 6) is -0.338. The zero-order chi connectivity index (χ0) is 12.9. The summed E-state index contributed by atoms with van der Waals surface area (Å²) in [6, 6.07) is 2.18. The van der Waals surface area contributed by atoms with Gasteiger partial charge in [-0.1, -0.05) is 0 Å². The molecule has 0 aromatic carbocycles. The molecule has 1 heterocycles. The van der Waals surface area contributed by atoms with Crippen LogP contribution in [0.5, 0.6) is 0 Å². The van der Waals surface area contributed by atoms with Gasteiger partial charge in [-0.2, -0.15) is 13.2 Å². The molecule has 0 aliphatic carbocycles. The number of aliphatic imine (C=N–C) groups is 1. The van der Waals surface area contributed by atoms with Gasteiger partial charge in [0.25, 0.3) is 0 Å². The van der Waals surface area contributed by atoms with Crippen LogP contribution in [0, 0.1) is 0 Å². The van der Waals surface area contributed by atoms with E-state index in [4.69, 9.17) is 11.5 Å². The highest BCUT2D eigenvalue weighted by Crippen LogP contribution is 2.33. The maximum absolute atomic E-state index is 12.5. The molecule has 94 valence electrons. The number of aromatic nitrogens is 1. The van der Waals surface area contributed by atoms with Crippen LogP contribution >= 0.6 is 0 Å². The second-order valence-corrected chi connectivity index (χ2v) is 3.13. The average molecular weight is 247 g/mol. The Hall–Kier alpha value is -1.99. The van der Waals surface area contributed by atoms with Gasteiger partial charge in [0, 0.05) is 12.7 Å². The molecule has 17 heavy (non-hydrogen) atoms.